The molecule has 2 rings (SSSR count). The van der Waals surface area contributed by atoms with Crippen LogP contribution in [0.5, 0.6) is 0 Å². The largest absolute Gasteiger partial charge is 0.292 e. The molecular weight excluding hydrogens is 220 g/mol. The van der Waals surface area contributed by atoms with Gasteiger partial charge in [0.2, 0.25) is 0 Å². The highest BCUT2D eigenvalue weighted by Gasteiger charge is 2.15. The van der Waals surface area contributed by atoms with Gasteiger partial charge in [-0.25, -0.2) is 0 Å². The summed E-state index contributed by atoms with van der Waals surface area (Å²) in [6.07, 6.45) is 5.50. The van der Waals surface area contributed by atoms with Gasteiger partial charge in [0.15, 0.2) is 0 Å². The predicted molar refractivity (Wildman–Crippen MR) is 77.5 cm³/mol. The van der Waals surface area contributed by atoms with Gasteiger partial charge in [0.25, 0.3) is 0 Å². The highest BCUT2D eigenvalue weighted by molar-refractivity contribution is 5.04. The van der Waals surface area contributed by atoms with Crippen molar-refractivity contribution in [1.29, 1.82) is 0 Å². The summed E-state index contributed by atoms with van der Waals surface area (Å²) in [5.74, 6) is 8.47. The molecule has 0 amide bonds. The van der Waals surface area contributed by atoms with E-state index in [9.17, 15) is 0 Å². The van der Waals surface area contributed by atoms with Crippen LogP contribution in [0.4, 0.5) is 0 Å². The zero-order valence-corrected chi connectivity index (χ0v) is 12.1. The molecule has 2 heteroatoms. The van der Waals surface area contributed by atoms with Crippen molar-refractivity contribution in [3.05, 3.63) is 0 Å². The fourth-order valence-electron chi connectivity index (χ4n) is 3.20. The van der Waals surface area contributed by atoms with Gasteiger partial charge in [-0.3, -0.25) is 9.80 Å². The zero-order valence-electron chi connectivity index (χ0n) is 12.1. The van der Waals surface area contributed by atoms with Crippen LogP contribution in [0, 0.1) is 23.7 Å². The van der Waals surface area contributed by atoms with E-state index in [1.165, 1.54) is 51.9 Å². The number of rotatable bonds is 2. The van der Waals surface area contributed by atoms with Crippen LogP contribution in [-0.2, 0) is 0 Å². The van der Waals surface area contributed by atoms with Gasteiger partial charge in [0, 0.05) is 13.1 Å². The van der Waals surface area contributed by atoms with Crippen LogP contribution < -0.4 is 0 Å². The van der Waals surface area contributed by atoms with Crippen LogP contribution in [0.15, 0.2) is 0 Å². The van der Waals surface area contributed by atoms with E-state index in [1.807, 2.05) is 0 Å². The maximum Gasteiger partial charge on any atom is 0.0602 e. The van der Waals surface area contributed by atoms with E-state index in [0.717, 1.165) is 24.9 Å². The Bertz CT molecular complexity index is 274. The van der Waals surface area contributed by atoms with Crippen LogP contribution in [0.25, 0.3) is 0 Å². The van der Waals surface area contributed by atoms with E-state index in [2.05, 4.69) is 35.5 Å². The van der Waals surface area contributed by atoms with Crippen molar-refractivity contribution in [3.63, 3.8) is 0 Å². The van der Waals surface area contributed by atoms with Crippen molar-refractivity contribution in [1.82, 2.24) is 9.80 Å². The minimum atomic E-state index is 0.864. The van der Waals surface area contributed by atoms with Crippen LogP contribution in [0.3, 0.4) is 0 Å². The highest BCUT2D eigenvalue weighted by Crippen LogP contribution is 2.15. The first-order valence-electron chi connectivity index (χ1n) is 7.64. The van der Waals surface area contributed by atoms with Gasteiger partial charge in [0.1, 0.15) is 0 Å². The molecular formula is C16H28N2. The van der Waals surface area contributed by atoms with Crippen molar-refractivity contribution < 1.29 is 0 Å². The van der Waals surface area contributed by atoms with Gasteiger partial charge in [-0.2, -0.15) is 0 Å². The minimum absolute atomic E-state index is 0.864. The Morgan fingerprint density at radius 3 is 1.67 bits per heavy atom. The minimum Gasteiger partial charge on any atom is -0.292 e. The normalized spacial score (nSPS) is 30.8. The van der Waals surface area contributed by atoms with Crippen molar-refractivity contribution in [2.75, 3.05) is 39.3 Å². The summed E-state index contributed by atoms with van der Waals surface area (Å²) in [5, 5.41) is 0. The molecule has 2 saturated heterocycles. The lowest BCUT2D eigenvalue weighted by molar-refractivity contribution is 0.201. The molecule has 0 radical (unpaired) electrons. The lowest BCUT2D eigenvalue weighted by atomic mass is 10.0. The van der Waals surface area contributed by atoms with E-state index in [1.54, 1.807) is 0 Å². The molecule has 2 aliphatic rings. The summed E-state index contributed by atoms with van der Waals surface area (Å²) in [6.45, 7) is 11.7. The van der Waals surface area contributed by atoms with E-state index in [4.69, 9.17) is 0 Å². The number of likely N-dealkylation sites (tertiary alicyclic amines) is 2. The van der Waals surface area contributed by atoms with Crippen molar-refractivity contribution >= 4 is 0 Å². The Morgan fingerprint density at radius 2 is 1.28 bits per heavy atom. The molecule has 2 aliphatic heterocycles. The quantitative estimate of drug-likeness (QED) is 0.693. The summed E-state index contributed by atoms with van der Waals surface area (Å²) in [5.41, 5.74) is 0. The molecule has 0 aromatic rings. The van der Waals surface area contributed by atoms with Gasteiger partial charge >= 0.3 is 0 Å². The third-order valence-electron chi connectivity index (χ3n) is 4.21. The van der Waals surface area contributed by atoms with Gasteiger partial charge in [0.05, 0.1) is 13.1 Å². The molecule has 0 aromatic heterocycles. The lowest BCUT2D eigenvalue weighted by Crippen LogP contribution is -2.35. The van der Waals surface area contributed by atoms with Crippen LogP contribution >= 0.6 is 0 Å². The molecule has 0 aromatic carbocycles. The third kappa shape index (κ3) is 4.63. The average molecular weight is 248 g/mol. The monoisotopic (exact) mass is 248 g/mol. The summed E-state index contributed by atoms with van der Waals surface area (Å²) < 4.78 is 0. The smallest absolute Gasteiger partial charge is 0.0602 e. The number of piperidine rings is 2. The van der Waals surface area contributed by atoms with Gasteiger partial charge < -0.3 is 0 Å². The molecule has 2 heterocycles. The fourth-order valence-corrected chi connectivity index (χ4v) is 3.20. The molecule has 0 N–H and O–H groups in total. The van der Waals surface area contributed by atoms with Crippen LogP contribution in [0.2, 0.25) is 0 Å². The molecule has 0 spiro atoms. The maximum absolute atomic E-state index is 3.37. The standard InChI is InChI=1S/C16H28N2/c1-15-7-5-11-17(13-15)9-3-4-10-18-12-6-8-16(2)14-18/h15-16H,5-14H2,1-2H3. The van der Waals surface area contributed by atoms with Crippen molar-refractivity contribution in [2.24, 2.45) is 11.8 Å². The zero-order chi connectivity index (χ0) is 12.8. The lowest BCUT2D eigenvalue weighted by Gasteiger charge is -2.29. The van der Waals surface area contributed by atoms with Gasteiger partial charge in [-0.1, -0.05) is 25.7 Å². The van der Waals surface area contributed by atoms with Crippen LogP contribution in [-0.4, -0.2) is 49.1 Å². The number of nitrogens with zero attached hydrogens (tertiary/aromatic N) is 2. The molecule has 0 aliphatic carbocycles. The Balaban J connectivity index is 1.65. The first-order valence-corrected chi connectivity index (χ1v) is 7.64. The first-order chi connectivity index (χ1) is 8.74. The van der Waals surface area contributed by atoms with E-state index < -0.39 is 0 Å². The van der Waals surface area contributed by atoms with Crippen molar-refractivity contribution in [2.45, 2.75) is 39.5 Å². The Kier molecular flexibility index (Phi) is 5.53. The molecule has 2 unspecified atom stereocenters. The fraction of sp³-hybridized carbons (Fsp3) is 0.875. The Hall–Kier alpha value is -0.520. The molecule has 102 valence electrons. The highest BCUT2D eigenvalue weighted by atomic mass is 15.1. The molecule has 2 fully saturated rings. The molecule has 0 saturated carbocycles. The molecule has 0 bridgehead atoms. The first kappa shape index (κ1) is 13.9. The van der Waals surface area contributed by atoms with Gasteiger partial charge in [-0.15, -0.1) is 0 Å². The summed E-state index contributed by atoms with van der Waals surface area (Å²) in [4.78, 5) is 5.03. The predicted octanol–water partition coefficient (Wildman–Crippen LogP) is 2.45. The Morgan fingerprint density at radius 1 is 0.833 bits per heavy atom. The second kappa shape index (κ2) is 7.16. The molecule has 2 nitrogen and oxygen atoms in total. The molecule has 2 atom stereocenters. The second-order valence-corrected chi connectivity index (χ2v) is 6.32. The number of hydrogen-bond donors (Lipinski definition) is 0. The third-order valence-corrected chi connectivity index (χ3v) is 4.21. The number of hydrogen-bond acceptors (Lipinski definition) is 2. The van der Waals surface area contributed by atoms with Crippen LogP contribution in [0.1, 0.15) is 39.5 Å². The summed E-state index contributed by atoms with van der Waals surface area (Å²) >= 11 is 0. The van der Waals surface area contributed by atoms with Crippen molar-refractivity contribution in [3.8, 4) is 11.8 Å². The summed E-state index contributed by atoms with van der Waals surface area (Å²) in [7, 11) is 0. The van der Waals surface area contributed by atoms with E-state index in [0.29, 0.717) is 0 Å². The maximum atomic E-state index is 3.37. The molecule has 18 heavy (non-hydrogen) atoms. The average Bonchev–Trinajstić information content (AvgIpc) is 2.35. The topological polar surface area (TPSA) is 6.48 Å². The van der Waals surface area contributed by atoms with E-state index in [-0.39, 0.29) is 0 Å². The van der Waals surface area contributed by atoms with E-state index >= 15 is 0 Å². The second-order valence-electron chi connectivity index (χ2n) is 6.32. The Labute approximate surface area is 113 Å². The SMILES string of the molecule is CC1CCCN(CC#CCN2CCCC(C)C2)C1. The summed E-state index contributed by atoms with van der Waals surface area (Å²) in [6, 6.07) is 0. The van der Waals surface area contributed by atoms with Gasteiger partial charge in [-0.05, 0) is 50.6 Å².